The number of nitrogens with zero attached hydrogens (tertiary/aromatic N) is 1. The Balaban J connectivity index is 2.10. The molecular formula is C14H22N2. The third-order valence-corrected chi connectivity index (χ3v) is 3.31. The molecule has 1 atom stereocenters. The van der Waals surface area contributed by atoms with Crippen LogP contribution in [0.5, 0.6) is 0 Å². The predicted octanol–water partition coefficient (Wildman–Crippen LogP) is 2.57. The Morgan fingerprint density at radius 3 is 2.62 bits per heavy atom. The lowest BCUT2D eigenvalue weighted by Gasteiger charge is -2.21. The van der Waals surface area contributed by atoms with Crippen molar-refractivity contribution < 1.29 is 0 Å². The van der Waals surface area contributed by atoms with E-state index in [0.29, 0.717) is 6.04 Å². The number of para-hydroxylation sites is 1. The number of nitrogens with two attached hydrogens (primary N) is 1. The summed E-state index contributed by atoms with van der Waals surface area (Å²) in [4.78, 5) is 2.51. The Labute approximate surface area is 98.4 Å². The van der Waals surface area contributed by atoms with Crippen LogP contribution in [0.25, 0.3) is 0 Å². The number of rotatable bonds is 4. The molecule has 0 amide bonds. The van der Waals surface area contributed by atoms with Crippen molar-refractivity contribution >= 4 is 5.69 Å². The summed E-state index contributed by atoms with van der Waals surface area (Å²) in [6, 6.07) is 9.07. The van der Waals surface area contributed by atoms with E-state index < -0.39 is 0 Å². The topological polar surface area (TPSA) is 29.3 Å². The van der Waals surface area contributed by atoms with Crippen LogP contribution >= 0.6 is 0 Å². The van der Waals surface area contributed by atoms with Crippen LogP contribution in [-0.2, 0) is 6.42 Å². The summed E-state index contributed by atoms with van der Waals surface area (Å²) in [6.45, 7) is 4.52. The zero-order chi connectivity index (χ0) is 11.4. The van der Waals surface area contributed by atoms with Crippen molar-refractivity contribution in [1.29, 1.82) is 0 Å². The van der Waals surface area contributed by atoms with Crippen LogP contribution in [0, 0.1) is 0 Å². The van der Waals surface area contributed by atoms with Gasteiger partial charge in [0.25, 0.3) is 0 Å². The molecule has 1 aromatic rings. The molecular weight excluding hydrogens is 196 g/mol. The Morgan fingerprint density at radius 1 is 1.25 bits per heavy atom. The summed E-state index contributed by atoms with van der Waals surface area (Å²) in [5.41, 5.74) is 8.72. The summed E-state index contributed by atoms with van der Waals surface area (Å²) in [5.74, 6) is 0. The van der Waals surface area contributed by atoms with E-state index in [1.165, 1.54) is 37.2 Å². The van der Waals surface area contributed by atoms with Gasteiger partial charge >= 0.3 is 0 Å². The van der Waals surface area contributed by atoms with Gasteiger partial charge in [0.05, 0.1) is 0 Å². The average Bonchev–Trinajstić information content (AvgIpc) is 2.80. The van der Waals surface area contributed by atoms with Gasteiger partial charge in [0.2, 0.25) is 0 Å². The molecule has 1 fully saturated rings. The van der Waals surface area contributed by atoms with E-state index in [0.717, 1.165) is 12.8 Å². The maximum absolute atomic E-state index is 5.83. The molecule has 88 valence electrons. The molecule has 1 aliphatic rings. The second-order valence-electron chi connectivity index (χ2n) is 4.84. The highest BCUT2D eigenvalue weighted by molar-refractivity contribution is 5.54. The minimum absolute atomic E-state index is 0.298. The van der Waals surface area contributed by atoms with E-state index in [1.807, 2.05) is 0 Å². The third-order valence-electron chi connectivity index (χ3n) is 3.31. The Morgan fingerprint density at radius 2 is 1.94 bits per heavy atom. The normalized spacial score (nSPS) is 17.8. The number of aryl methyl sites for hydroxylation is 1. The van der Waals surface area contributed by atoms with E-state index in [4.69, 9.17) is 5.73 Å². The van der Waals surface area contributed by atoms with Gasteiger partial charge in [-0.15, -0.1) is 0 Å². The van der Waals surface area contributed by atoms with Gasteiger partial charge in [-0.3, -0.25) is 0 Å². The maximum Gasteiger partial charge on any atom is 0.0398 e. The Bertz CT molecular complexity index is 327. The van der Waals surface area contributed by atoms with Crippen molar-refractivity contribution in [2.24, 2.45) is 5.73 Å². The van der Waals surface area contributed by atoms with Crippen molar-refractivity contribution in [3.63, 3.8) is 0 Å². The van der Waals surface area contributed by atoms with Gasteiger partial charge in [0.1, 0.15) is 0 Å². The van der Waals surface area contributed by atoms with Gasteiger partial charge in [-0.2, -0.15) is 0 Å². The second kappa shape index (κ2) is 5.35. The maximum atomic E-state index is 5.83. The highest BCUT2D eigenvalue weighted by Crippen LogP contribution is 2.25. The van der Waals surface area contributed by atoms with Crippen molar-refractivity contribution in [3.8, 4) is 0 Å². The van der Waals surface area contributed by atoms with Gasteiger partial charge in [0.15, 0.2) is 0 Å². The molecule has 0 aromatic heterocycles. The van der Waals surface area contributed by atoms with Gasteiger partial charge in [-0.1, -0.05) is 18.2 Å². The van der Waals surface area contributed by atoms with E-state index in [1.54, 1.807) is 0 Å². The second-order valence-corrected chi connectivity index (χ2v) is 4.84. The fourth-order valence-corrected chi connectivity index (χ4v) is 2.37. The van der Waals surface area contributed by atoms with E-state index in [2.05, 4.69) is 36.1 Å². The summed E-state index contributed by atoms with van der Waals surface area (Å²) >= 11 is 0. The molecule has 2 N–H and O–H groups in total. The number of anilines is 1. The molecule has 0 saturated carbocycles. The molecule has 16 heavy (non-hydrogen) atoms. The molecule has 1 aromatic carbocycles. The first-order valence-corrected chi connectivity index (χ1v) is 6.36. The first kappa shape index (κ1) is 11.5. The van der Waals surface area contributed by atoms with Crippen molar-refractivity contribution in [2.75, 3.05) is 18.0 Å². The van der Waals surface area contributed by atoms with Gasteiger partial charge in [0, 0.05) is 24.8 Å². The number of benzene rings is 1. The van der Waals surface area contributed by atoms with Crippen molar-refractivity contribution in [3.05, 3.63) is 29.8 Å². The molecule has 1 heterocycles. The molecule has 0 aliphatic carbocycles. The molecule has 1 aliphatic heterocycles. The van der Waals surface area contributed by atoms with E-state index in [-0.39, 0.29) is 0 Å². The van der Waals surface area contributed by atoms with Crippen LogP contribution in [0.4, 0.5) is 5.69 Å². The monoisotopic (exact) mass is 218 g/mol. The SMILES string of the molecule is CC(N)CCc1ccccc1N1CCCC1. The van der Waals surface area contributed by atoms with Gasteiger partial charge in [-0.05, 0) is 44.2 Å². The van der Waals surface area contributed by atoms with Gasteiger partial charge < -0.3 is 10.6 Å². The van der Waals surface area contributed by atoms with E-state index >= 15 is 0 Å². The Hall–Kier alpha value is -1.02. The predicted molar refractivity (Wildman–Crippen MR) is 69.9 cm³/mol. The lowest BCUT2D eigenvalue weighted by molar-refractivity contribution is 0.665. The van der Waals surface area contributed by atoms with E-state index in [9.17, 15) is 0 Å². The molecule has 2 nitrogen and oxygen atoms in total. The Kier molecular flexibility index (Phi) is 3.83. The van der Waals surface area contributed by atoms with Crippen LogP contribution in [-0.4, -0.2) is 19.1 Å². The van der Waals surface area contributed by atoms with Crippen molar-refractivity contribution in [2.45, 2.75) is 38.6 Å². The molecule has 0 radical (unpaired) electrons. The molecule has 0 spiro atoms. The average molecular weight is 218 g/mol. The van der Waals surface area contributed by atoms with Crippen LogP contribution in [0.1, 0.15) is 31.7 Å². The highest BCUT2D eigenvalue weighted by atomic mass is 15.1. The highest BCUT2D eigenvalue weighted by Gasteiger charge is 2.14. The van der Waals surface area contributed by atoms with Crippen LogP contribution in [0.3, 0.4) is 0 Å². The first-order valence-electron chi connectivity index (χ1n) is 6.36. The summed E-state index contributed by atoms with van der Waals surface area (Å²) in [7, 11) is 0. The summed E-state index contributed by atoms with van der Waals surface area (Å²) in [6.07, 6.45) is 4.85. The number of hydrogen-bond acceptors (Lipinski definition) is 2. The summed E-state index contributed by atoms with van der Waals surface area (Å²) in [5, 5.41) is 0. The van der Waals surface area contributed by atoms with Crippen LogP contribution in [0.15, 0.2) is 24.3 Å². The fourth-order valence-electron chi connectivity index (χ4n) is 2.37. The molecule has 1 saturated heterocycles. The smallest absolute Gasteiger partial charge is 0.0398 e. The van der Waals surface area contributed by atoms with Crippen LogP contribution < -0.4 is 10.6 Å². The zero-order valence-corrected chi connectivity index (χ0v) is 10.2. The largest absolute Gasteiger partial charge is 0.371 e. The molecule has 0 bridgehead atoms. The fraction of sp³-hybridized carbons (Fsp3) is 0.571. The molecule has 2 heteroatoms. The lowest BCUT2D eigenvalue weighted by atomic mass is 10.0. The zero-order valence-electron chi connectivity index (χ0n) is 10.2. The first-order chi connectivity index (χ1) is 7.77. The summed E-state index contributed by atoms with van der Waals surface area (Å²) < 4.78 is 0. The third kappa shape index (κ3) is 2.76. The van der Waals surface area contributed by atoms with Gasteiger partial charge in [-0.25, -0.2) is 0 Å². The lowest BCUT2D eigenvalue weighted by Crippen LogP contribution is -2.20. The molecule has 2 rings (SSSR count). The number of hydrogen-bond donors (Lipinski definition) is 1. The van der Waals surface area contributed by atoms with Crippen molar-refractivity contribution in [1.82, 2.24) is 0 Å². The quantitative estimate of drug-likeness (QED) is 0.841. The molecule has 1 unspecified atom stereocenters. The van der Waals surface area contributed by atoms with Crippen LogP contribution in [0.2, 0.25) is 0 Å². The standard InChI is InChI=1S/C14H22N2/c1-12(15)8-9-13-6-2-3-7-14(13)16-10-4-5-11-16/h2-3,6-7,12H,4-5,8-11,15H2,1H3. The minimum atomic E-state index is 0.298. The minimum Gasteiger partial charge on any atom is -0.371 e.